The van der Waals surface area contributed by atoms with E-state index in [1.807, 2.05) is 43.5 Å². The molecular weight excluding hydrogens is 692 g/mol. The monoisotopic (exact) mass is 732 g/mol. The van der Waals surface area contributed by atoms with Crippen molar-refractivity contribution in [1.29, 1.82) is 0 Å². The summed E-state index contributed by atoms with van der Waals surface area (Å²) in [5, 5.41) is 16.4. The minimum atomic E-state index is -0.734. The number of nitrogens with zero attached hydrogens (tertiary/aromatic N) is 6. The maximum Gasteiger partial charge on any atom is 0.307 e. The number of anilines is 2. The van der Waals surface area contributed by atoms with Crippen LogP contribution in [-0.4, -0.2) is 81.1 Å². The van der Waals surface area contributed by atoms with Gasteiger partial charge in [-0.2, -0.15) is 0 Å². The second-order valence-electron chi connectivity index (χ2n) is 14.0. The smallest absolute Gasteiger partial charge is 0.307 e. The standard InChI is InChI=1S/C40H41ClN8O4/c1-23-44-33-17-24(21-48-15-13-26(22-48)40(51)52)18-43-37(33)38(45-23)49-16-14-29-28(5-4-8-34(29)49)30-6-3-7-31(36(30)41)32-11-9-25(39(47-32)53-2)19-42-20-27-10-12-35(50)46-27/h3-9,11,17-18,26-27,42H,10,12-16,19-22H2,1-2H3,(H,46,50)(H,51,52). The lowest BCUT2D eigenvalue weighted by molar-refractivity contribution is -0.141. The van der Waals surface area contributed by atoms with E-state index in [4.69, 9.17) is 36.3 Å². The van der Waals surface area contributed by atoms with Crippen molar-refractivity contribution < 1.29 is 19.4 Å². The Bertz CT molecular complexity index is 2230. The second-order valence-corrected chi connectivity index (χ2v) is 14.4. The van der Waals surface area contributed by atoms with Crippen LogP contribution in [0.25, 0.3) is 33.4 Å². The highest BCUT2D eigenvalue weighted by Gasteiger charge is 2.30. The van der Waals surface area contributed by atoms with Gasteiger partial charge in [0.05, 0.1) is 29.3 Å². The summed E-state index contributed by atoms with van der Waals surface area (Å²) in [5.74, 6) is 0.998. The second kappa shape index (κ2) is 14.7. The average Bonchev–Trinajstić information content (AvgIpc) is 3.91. The molecule has 2 atom stereocenters. The molecule has 8 rings (SSSR count). The van der Waals surface area contributed by atoms with E-state index in [1.165, 1.54) is 5.56 Å². The molecule has 0 saturated carbocycles. The van der Waals surface area contributed by atoms with Crippen molar-refractivity contribution in [3.05, 3.63) is 88.3 Å². The number of aliphatic carboxylic acids is 1. The Kier molecular flexibility index (Phi) is 9.67. The number of rotatable bonds is 11. The van der Waals surface area contributed by atoms with Crippen molar-refractivity contribution in [3.63, 3.8) is 0 Å². The van der Waals surface area contributed by atoms with Gasteiger partial charge in [0.25, 0.3) is 0 Å². The third-order valence-corrected chi connectivity index (χ3v) is 10.9. The van der Waals surface area contributed by atoms with E-state index >= 15 is 0 Å². The number of carbonyl (C=O) groups excluding carboxylic acids is 1. The highest BCUT2D eigenvalue weighted by Crippen LogP contribution is 2.44. The fourth-order valence-corrected chi connectivity index (χ4v) is 8.18. The Balaban J connectivity index is 1.05. The number of nitrogens with one attached hydrogen (secondary N) is 2. The SMILES string of the molecule is COc1nc(-c2cccc(-c3cccc4c3CCN4c3nc(C)nc4cc(CN5CCC(C(=O)O)C5)cnc34)c2Cl)ccc1CNCC1CCC(=O)N1. The number of aryl methyl sites for hydroxylation is 1. The zero-order valence-corrected chi connectivity index (χ0v) is 30.5. The Labute approximate surface area is 312 Å². The highest BCUT2D eigenvalue weighted by molar-refractivity contribution is 6.36. The summed E-state index contributed by atoms with van der Waals surface area (Å²) in [5.41, 5.74) is 9.17. The molecule has 5 aromatic rings. The largest absolute Gasteiger partial charge is 0.481 e. The highest BCUT2D eigenvalue weighted by atomic mass is 35.5. The Morgan fingerprint density at radius 1 is 1.04 bits per heavy atom. The first-order valence-corrected chi connectivity index (χ1v) is 18.4. The fourth-order valence-electron chi connectivity index (χ4n) is 7.86. The van der Waals surface area contributed by atoms with Gasteiger partial charge in [0.15, 0.2) is 5.82 Å². The molecule has 2 saturated heterocycles. The minimum Gasteiger partial charge on any atom is -0.481 e. The van der Waals surface area contributed by atoms with Crippen molar-refractivity contribution in [2.24, 2.45) is 5.92 Å². The first-order chi connectivity index (χ1) is 25.7. The number of carbonyl (C=O) groups is 2. The van der Waals surface area contributed by atoms with Crippen LogP contribution in [0.2, 0.25) is 5.02 Å². The van der Waals surface area contributed by atoms with Crippen LogP contribution in [0.3, 0.4) is 0 Å². The van der Waals surface area contributed by atoms with E-state index in [0.29, 0.717) is 55.7 Å². The predicted octanol–water partition coefficient (Wildman–Crippen LogP) is 5.69. The third kappa shape index (κ3) is 7.01. The van der Waals surface area contributed by atoms with Gasteiger partial charge in [-0.1, -0.05) is 48.0 Å². The Hall–Kier alpha value is -5.17. The molecule has 12 nitrogen and oxygen atoms in total. The Morgan fingerprint density at radius 3 is 2.66 bits per heavy atom. The quantitative estimate of drug-likeness (QED) is 0.154. The number of benzene rings is 2. The van der Waals surface area contributed by atoms with Gasteiger partial charge in [-0.3, -0.25) is 19.5 Å². The van der Waals surface area contributed by atoms with Crippen LogP contribution in [-0.2, 0) is 29.1 Å². The number of aromatic nitrogens is 4. The van der Waals surface area contributed by atoms with Gasteiger partial charge < -0.3 is 25.4 Å². The van der Waals surface area contributed by atoms with E-state index in [0.717, 1.165) is 82.0 Å². The fraction of sp³-hybridized carbons (Fsp3) is 0.350. The van der Waals surface area contributed by atoms with Crippen LogP contribution in [0, 0.1) is 12.8 Å². The van der Waals surface area contributed by atoms with Gasteiger partial charge in [0.1, 0.15) is 11.3 Å². The summed E-state index contributed by atoms with van der Waals surface area (Å²) in [4.78, 5) is 46.8. The van der Waals surface area contributed by atoms with Crippen LogP contribution in [0.1, 0.15) is 41.8 Å². The van der Waals surface area contributed by atoms with Crippen molar-refractivity contribution in [2.75, 3.05) is 38.2 Å². The lowest BCUT2D eigenvalue weighted by Gasteiger charge is -2.21. The summed E-state index contributed by atoms with van der Waals surface area (Å²) in [6.45, 7) is 5.80. The van der Waals surface area contributed by atoms with Gasteiger partial charge in [-0.05, 0) is 67.6 Å². The van der Waals surface area contributed by atoms with Crippen molar-refractivity contribution in [3.8, 4) is 28.3 Å². The van der Waals surface area contributed by atoms with Crippen LogP contribution >= 0.6 is 11.6 Å². The third-order valence-electron chi connectivity index (χ3n) is 10.5. The van der Waals surface area contributed by atoms with Gasteiger partial charge in [0, 0.05) is 73.8 Å². The number of likely N-dealkylation sites (tertiary alicyclic amines) is 1. The first kappa shape index (κ1) is 34.9. The van der Waals surface area contributed by atoms with Gasteiger partial charge in [0.2, 0.25) is 11.8 Å². The molecule has 3 aliphatic rings. The number of ether oxygens (including phenoxy) is 1. The maximum absolute atomic E-state index is 11.6. The molecule has 0 spiro atoms. The lowest BCUT2D eigenvalue weighted by Crippen LogP contribution is -2.35. The summed E-state index contributed by atoms with van der Waals surface area (Å²) < 4.78 is 5.70. The van der Waals surface area contributed by atoms with Gasteiger partial charge in [-0.15, -0.1) is 0 Å². The number of amides is 1. The molecule has 0 radical (unpaired) electrons. The number of carboxylic acid groups (broad SMARTS) is 1. The molecule has 13 heteroatoms. The van der Waals surface area contributed by atoms with Crippen LogP contribution in [0.5, 0.6) is 5.88 Å². The van der Waals surface area contributed by atoms with Gasteiger partial charge in [-0.25, -0.2) is 15.0 Å². The molecular formula is C40H41ClN8O4. The van der Waals surface area contributed by atoms with Crippen LogP contribution in [0.15, 0.2) is 60.8 Å². The molecule has 2 unspecified atom stereocenters. The van der Waals surface area contributed by atoms with Crippen LogP contribution < -0.4 is 20.3 Å². The van der Waals surface area contributed by atoms with E-state index in [9.17, 15) is 14.7 Å². The first-order valence-electron chi connectivity index (χ1n) is 18.1. The molecule has 0 aliphatic carbocycles. The molecule has 3 aromatic heterocycles. The normalized spacial score (nSPS) is 18.5. The summed E-state index contributed by atoms with van der Waals surface area (Å²) in [6, 6.07) is 18.5. The molecule has 2 fully saturated rings. The zero-order chi connectivity index (χ0) is 36.6. The maximum atomic E-state index is 11.6. The topological polar surface area (TPSA) is 146 Å². The number of methoxy groups -OCH3 is 1. The number of halogens is 1. The molecule has 6 heterocycles. The van der Waals surface area contributed by atoms with E-state index in [1.54, 1.807) is 7.11 Å². The lowest BCUT2D eigenvalue weighted by atomic mass is 9.95. The summed E-state index contributed by atoms with van der Waals surface area (Å²) in [7, 11) is 1.62. The Morgan fingerprint density at radius 2 is 1.87 bits per heavy atom. The number of carboxylic acids is 1. The number of hydrogen-bond donors (Lipinski definition) is 3. The summed E-state index contributed by atoms with van der Waals surface area (Å²) in [6.07, 6.45) is 4.74. The van der Waals surface area contributed by atoms with Crippen molar-refractivity contribution in [1.82, 2.24) is 35.5 Å². The summed E-state index contributed by atoms with van der Waals surface area (Å²) >= 11 is 7.23. The number of fused-ring (bicyclic) bond motifs is 2. The molecule has 0 bridgehead atoms. The van der Waals surface area contributed by atoms with Gasteiger partial charge >= 0.3 is 5.97 Å². The molecule has 2 aromatic carbocycles. The predicted molar refractivity (Wildman–Crippen MR) is 203 cm³/mol. The number of hydrogen-bond acceptors (Lipinski definition) is 10. The van der Waals surface area contributed by atoms with E-state index < -0.39 is 5.97 Å². The van der Waals surface area contributed by atoms with Crippen molar-refractivity contribution >= 4 is 46.0 Å². The number of pyridine rings is 2. The van der Waals surface area contributed by atoms with Crippen molar-refractivity contribution in [2.45, 2.75) is 51.7 Å². The van der Waals surface area contributed by atoms with E-state index in [2.05, 4.69) is 44.7 Å². The molecule has 1 amide bonds. The zero-order valence-electron chi connectivity index (χ0n) is 29.7. The van der Waals surface area contributed by atoms with E-state index in [-0.39, 0.29) is 17.9 Å². The molecule has 272 valence electrons. The molecule has 53 heavy (non-hydrogen) atoms. The van der Waals surface area contributed by atoms with Crippen LogP contribution in [0.4, 0.5) is 11.5 Å². The minimum absolute atomic E-state index is 0.104. The molecule has 3 aliphatic heterocycles. The average molecular weight is 733 g/mol. The molecule has 3 N–H and O–H groups in total.